The minimum absolute atomic E-state index is 0.000767. The zero-order chi connectivity index (χ0) is 26.6. The number of carbonyl (C=O) groups is 5. The third-order valence-electron chi connectivity index (χ3n) is 5.21. The van der Waals surface area contributed by atoms with Crippen LogP contribution in [0.5, 0.6) is 0 Å². The highest BCUT2D eigenvalue weighted by atomic mass is 32.2. The zero-order valence-corrected chi connectivity index (χ0v) is 21.3. The predicted octanol–water partition coefficient (Wildman–Crippen LogP) is 1.56. The van der Waals surface area contributed by atoms with Crippen LogP contribution >= 0.6 is 11.8 Å². The molecule has 0 bridgehead atoms. The molecule has 1 aromatic rings. The summed E-state index contributed by atoms with van der Waals surface area (Å²) >= 11 is 1.30. The summed E-state index contributed by atoms with van der Waals surface area (Å²) in [7, 11) is 0. The molecule has 0 saturated carbocycles. The van der Waals surface area contributed by atoms with Gasteiger partial charge >= 0.3 is 18.0 Å². The van der Waals surface area contributed by atoms with Gasteiger partial charge in [0, 0.05) is 24.8 Å². The number of benzene rings is 1. The number of thioether (sulfide) groups is 1. The van der Waals surface area contributed by atoms with Gasteiger partial charge in [0.05, 0.1) is 6.42 Å². The first-order valence-electron chi connectivity index (χ1n) is 11.2. The van der Waals surface area contributed by atoms with E-state index in [1.807, 2.05) is 0 Å². The van der Waals surface area contributed by atoms with Crippen LogP contribution in [0.15, 0.2) is 35.5 Å². The Labute approximate surface area is 212 Å². The molecular weight excluding hydrogens is 490 g/mol. The van der Waals surface area contributed by atoms with E-state index in [9.17, 15) is 29.1 Å². The van der Waals surface area contributed by atoms with Crippen molar-refractivity contribution in [3.63, 3.8) is 0 Å². The molecule has 2 heterocycles. The Morgan fingerprint density at radius 3 is 2.53 bits per heavy atom. The van der Waals surface area contributed by atoms with Crippen molar-refractivity contribution in [1.82, 2.24) is 15.5 Å². The second-order valence-corrected chi connectivity index (χ2v) is 10.4. The Kier molecular flexibility index (Phi) is 8.28. The molecule has 3 rings (SSSR count). The fourth-order valence-corrected chi connectivity index (χ4v) is 5.06. The van der Waals surface area contributed by atoms with Crippen LogP contribution in [0.3, 0.4) is 0 Å². The third-order valence-corrected chi connectivity index (χ3v) is 6.55. The van der Waals surface area contributed by atoms with Crippen LogP contribution in [0.1, 0.15) is 38.8 Å². The number of ether oxygens (including phenoxy) is 2. The lowest BCUT2D eigenvalue weighted by Crippen LogP contribution is -2.70. The average molecular weight is 520 g/mol. The Morgan fingerprint density at radius 2 is 1.89 bits per heavy atom. The number of rotatable bonds is 8. The van der Waals surface area contributed by atoms with Gasteiger partial charge in [-0.1, -0.05) is 24.3 Å². The molecule has 1 saturated heterocycles. The Bertz CT molecular complexity index is 1110. The molecule has 0 aliphatic carbocycles. The van der Waals surface area contributed by atoms with Crippen molar-refractivity contribution >= 4 is 41.6 Å². The monoisotopic (exact) mass is 519 g/mol. The minimum Gasteiger partial charge on any atom is -0.477 e. The van der Waals surface area contributed by atoms with Crippen LogP contribution in [0.4, 0.5) is 4.79 Å². The van der Waals surface area contributed by atoms with Gasteiger partial charge in [0.15, 0.2) is 0 Å². The quantitative estimate of drug-likeness (QED) is 0.343. The van der Waals surface area contributed by atoms with Crippen LogP contribution in [0.2, 0.25) is 0 Å². The van der Waals surface area contributed by atoms with Gasteiger partial charge in [0.2, 0.25) is 5.91 Å². The van der Waals surface area contributed by atoms with E-state index in [0.29, 0.717) is 11.1 Å². The van der Waals surface area contributed by atoms with Crippen molar-refractivity contribution in [2.75, 3.05) is 12.4 Å². The summed E-state index contributed by atoms with van der Waals surface area (Å²) in [6.07, 6.45) is -0.546. The highest BCUT2D eigenvalue weighted by Crippen LogP contribution is 2.40. The molecule has 0 spiro atoms. The fourth-order valence-electron chi connectivity index (χ4n) is 3.73. The molecule has 0 aromatic heterocycles. The van der Waals surface area contributed by atoms with Gasteiger partial charge in [0.1, 0.15) is 29.3 Å². The normalized spacial score (nSPS) is 19.1. The van der Waals surface area contributed by atoms with Crippen LogP contribution < -0.4 is 10.6 Å². The number of carbonyl (C=O) groups excluding carboxylic acids is 4. The van der Waals surface area contributed by atoms with E-state index in [-0.39, 0.29) is 31.0 Å². The van der Waals surface area contributed by atoms with E-state index in [1.54, 1.807) is 45.0 Å². The maximum atomic E-state index is 12.7. The molecule has 2 aliphatic rings. The zero-order valence-electron chi connectivity index (χ0n) is 20.5. The molecular formula is C24H29N3O8S. The van der Waals surface area contributed by atoms with Gasteiger partial charge in [-0.25, -0.2) is 9.59 Å². The maximum Gasteiger partial charge on any atom is 0.407 e. The topological polar surface area (TPSA) is 151 Å². The second-order valence-electron chi connectivity index (χ2n) is 9.34. The number of hydrogen-bond acceptors (Lipinski definition) is 8. The minimum atomic E-state index is -1.29. The number of β-lactam (4-membered cyclic amide) rings is 1. The van der Waals surface area contributed by atoms with E-state index >= 15 is 0 Å². The summed E-state index contributed by atoms with van der Waals surface area (Å²) in [4.78, 5) is 61.3. The van der Waals surface area contributed by atoms with E-state index in [2.05, 4.69) is 10.6 Å². The smallest absolute Gasteiger partial charge is 0.407 e. The van der Waals surface area contributed by atoms with Gasteiger partial charge < -0.3 is 25.2 Å². The van der Waals surface area contributed by atoms with Crippen LogP contribution in [-0.2, 0) is 41.6 Å². The molecule has 2 aliphatic heterocycles. The number of hydrogen-bond donors (Lipinski definition) is 3. The molecule has 194 valence electrons. The number of carboxylic acid groups (broad SMARTS) is 1. The van der Waals surface area contributed by atoms with Gasteiger partial charge in [-0.2, -0.15) is 0 Å². The van der Waals surface area contributed by atoms with Crippen LogP contribution in [0, 0.1) is 0 Å². The van der Waals surface area contributed by atoms with Crippen LogP contribution in [-0.4, -0.2) is 69.2 Å². The summed E-state index contributed by atoms with van der Waals surface area (Å²) < 4.78 is 10.1. The van der Waals surface area contributed by atoms with Crippen molar-refractivity contribution < 1.29 is 38.6 Å². The summed E-state index contributed by atoms with van der Waals surface area (Å²) in [5.41, 5.74) is 0.969. The lowest BCUT2D eigenvalue weighted by atomic mass is 10.0. The maximum absolute atomic E-state index is 12.7. The second kappa shape index (κ2) is 11.0. The largest absolute Gasteiger partial charge is 0.477 e. The van der Waals surface area contributed by atoms with Crippen LogP contribution in [0.25, 0.3) is 0 Å². The van der Waals surface area contributed by atoms with E-state index in [1.165, 1.54) is 18.7 Å². The molecule has 12 heteroatoms. The van der Waals surface area contributed by atoms with Crippen molar-refractivity contribution in [1.29, 1.82) is 0 Å². The summed E-state index contributed by atoms with van der Waals surface area (Å²) in [5, 5.41) is 14.4. The van der Waals surface area contributed by atoms with Gasteiger partial charge in [-0.15, -0.1) is 11.8 Å². The molecule has 3 amide bonds. The predicted molar refractivity (Wildman–Crippen MR) is 130 cm³/mol. The molecule has 1 aromatic carbocycles. The van der Waals surface area contributed by atoms with Gasteiger partial charge in [0.25, 0.3) is 5.91 Å². The summed E-state index contributed by atoms with van der Waals surface area (Å²) in [5.74, 6) is -2.52. The van der Waals surface area contributed by atoms with E-state index in [0.717, 1.165) is 10.5 Å². The first kappa shape index (κ1) is 27.1. The van der Waals surface area contributed by atoms with Crippen molar-refractivity contribution in [3.8, 4) is 0 Å². The number of nitrogens with one attached hydrogen (secondary N) is 2. The SMILES string of the molecule is CC(=O)OCC1=C(C(=O)O)N2C(=O)[C@@H](NC(=O)Cc3cccc(CNC(=O)OC(C)(C)C)c3)[C@H]2SC1. The molecule has 0 unspecified atom stereocenters. The van der Waals surface area contributed by atoms with Crippen molar-refractivity contribution in [3.05, 3.63) is 46.7 Å². The number of aliphatic carboxylic acids is 1. The first-order valence-corrected chi connectivity index (χ1v) is 12.3. The standard InChI is InChI=1S/C24H29N3O8S/c1-13(28)34-11-16-12-36-21-18(20(30)27(21)19(16)22(31)32)26-17(29)9-14-6-5-7-15(8-14)10-25-23(33)35-24(2,3)4/h5-8,18,21H,9-12H2,1-4H3,(H,25,33)(H,26,29)(H,31,32)/t18-,21-/m1/s1. The van der Waals surface area contributed by atoms with Crippen molar-refractivity contribution in [2.24, 2.45) is 0 Å². The summed E-state index contributed by atoms with van der Waals surface area (Å²) in [6, 6.07) is 6.24. The highest BCUT2D eigenvalue weighted by Gasteiger charge is 2.54. The van der Waals surface area contributed by atoms with Gasteiger partial charge in [-0.3, -0.25) is 19.3 Å². The average Bonchev–Trinajstić information content (AvgIpc) is 2.78. The Balaban J connectivity index is 1.58. The lowest BCUT2D eigenvalue weighted by molar-refractivity contribution is -0.151. The highest BCUT2D eigenvalue weighted by molar-refractivity contribution is 8.00. The lowest BCUT2D eigenvalue weighted by Gasteiger charge is -2.49. The fraction of sp³-hybridized carbons (Fsp3) is 0.458. The Morgan fingerprint density at radius 1 is 1.19 bits per heavy atom. The van der Waals surface area contributed by atoms with E-state index in [4.69, 9.17) is 9.47 Å². The first-order chi connectivity index (χ1) is 16.9. The van der Waals surface area contributed by atoms with E-state index < -0.39 is 46.9 Å². The Hall–Kier alpha value is -3.54. The summed E-state index contributed by atoms with van der Waals surface area (Å²) in [6.45, 7) is 6.53. The van der Waals surface area contributed by atoms with Gasteiger partial charge in [-0.05, 0) is 31.9 Å². The third kappa shape index (κ3) is 6.78. The number of nitrogens with zero attached hydrogens (tertiary/aromatic N) is 1. The molecule has 0 radical (unpaired) electrons. The molecule has 36 heavy (non-hydrogen) atoms. The number of carboxylic acids is 1. The number of esters is 1. The molecule has 1 fully saturated rings. The number of amides is 3. The number of alkyl carbamates (subject to hydrolysis) is 1. The van der Waals surface area contributed by atoms with Crippen molar-refractivity contribution in [2.45, 2.75) is 57.7 Å². The number of fused-ring (bicyclic) bond motifs is 1. The molecule has 3 N–H and O–H groups in total. The molecule has 2 atom stereocenters. The molecule has 11 nitrogen and oxygen atoms in total.